The average molecular weight is 389 g/mol. The molecule has 1 aromatic carbocycles. The van der Waals surface area contributed by atoms with Gasteiger partial charge >= 0.3 is 0 Å². The monoisotopic (exact) mass is 389 g/mol. The lowest BCUT2D eigenvalue weighted by Gasteiger charge is -2.11. The molecule has 0 spiro atoms. The summed E-state index contributed by atoms with van der Waals surface area (Å²) in [6, 6.07) is 9.80. The molecule has 0 aliphatic heterocycles. The highest BCUT2D eigenvalue weighted by atomic mass is 32.2. The number of hydrogen-bond acceptors (Lipinski definition) is 6. The number of nitrogens with zero attached hydrogens (tertiary/aromatic N) is 1. The van der Waals surface area contributed by atoms with E-state index < -0.39 is 9.84 Å². The molecule has 1 saturated carbocycles. The summed E-state index contributed by atoms with van der Waals surface area (Å²) < 4.78 is 29.1. The fourth-order valence-corrected chi connectivity index (χ4v) is 3.15. The molecule has 1 aromatic heterocycles. The molecule has 1 heterocycles. The van der Waals surface area contributed by atoms with Crippen molar-refractivity contribution in [3.63, 3.8) is 0 Å². The Morgan fingerprint density at radius 1 is 1.26 bits per heavy atom. The molecule has 0 saturated heterocycles. The number of hydrogen-bond donors (Lipinski definition) is 2. The maximum Gasteiger partial charge on any atom is 0.234 e. The highest BCUT2D eigenvalue weighted by molar-refractivity contribution is 7.90. The fraction of sp³-hybridized carbons (Fsp3) is 0.368. The van der Waals surface area contributed by atoms with Gasteiger partial charge in [-0.1, -0.05) is 12.1 Å². The molecule has 0 unspecified atom stereocenters. The third-order valence-corrected chi connectivity index (χ3v) is 5.30. The van der Waals surface area contributed by atoms with Gasteiger partial charge in [0.2, 0.25) is 11.8 Å². The summed E-state index contributed by atoms with van der Waals surface area (Å²) in [6.07, 6.45) is 5.21. The molecule has 144 valence electrons. The van der Waals surface area contributed by atoms with E-state index in [1.165, 1.54) is 25.0 Å². The van der Waals surface area contributed by atoms with Gasteiger partial charge in [0, 0.05) is 24.6 Å². The highest BCUT2D eigenvalue weighted by Gasteiger charge is 2.20. The summed E-state index contributed by atoms with van der Waals surface area (Å²) in [5, 5.41) is 5.98. The quantitative estimate of drug-likeness (QED) is 0.680. The minimum atomic E-state index is -3.32. The summed E-state index contributed by atoms with van der Waals surface area (Å²) in [6.45, 7) is 1.44. The Morgan fingerprint density at radius 2 is 2.07 bits per heavy atom. The van der Waals surface area contributed by atoms with Gasteiger partial charge in [0.1, 0.15) is 5.75 Å². The molecular formula is C19H23N3O4S. The van der Waals surface area contributed by atoms with E-state index in [-0.39, 0.29) is 23.9 Å². The summed E-state index contributed by atoms with van der Waals surface area (Å²) in [5.41, 5.74) is 0.706. The lowest BCUT2D eigenvalue weighted by atomic mass is 10.2. The molecule has 27 heavy (non-hydrogen) atoms. The van der Waals surface area contributed by atoms with E-state index in [0.717, 1.165) is 18.7 Å². The molecular weight excluding hydrogens is 366 g/mol. The van der Waals surface area contributed by atoms with Crippen molar-refractivity contribution >= 4 is 15.7 Å². The van der Waals surface area contributed by atoms with Crippen LogP contribution in [-0.4, -0.2) is 38.7 Å². The Labute approximate surface area is 159 Å². The van der Waals surface area contributed by atoms with Gasteiger partial charge in [-0.2, -0.15) is 0 Å². The first-order valence-electron chi connectivity index (χ1n) is 8.81. The Bertz CT molecular complexity index is 911. The van der Waals surface area contributed by atoms with Crippen molar-refractivity contribution in [2.75, 3.05) is 19.3 Å². The number of ether oxygens (including phenoxy) is 1. The number of sulfone groups is 1. The van der Waals surface area contributed by atoms with Crippen LogP contribution in [0.15, 0.2) is 47.5 Å². The standard InChI is InChI=1S/C19H23N3O4S/c1-27(24,25)17-6-2-5-16(10-17)26-19-15(4-3-9-21-19)12-22-18(23)13-20-11-14-7-8-14/h2-6,9-10,14,20H,7-8,11-13H2,1H3,(H,22,23). The average Bonchev–Trinajstić information content (AvgIpc) is 3.45. The van der Waals surface area contributed by atoms with Crippen LogP contribution in [0.3, 0.4) is 0 Å². The van der Waals surface area contributed by atoms with E-state index in [9.17, 15) is 13.2 Å². The van der Waals surface area contributed by atoms with Gasteiger partial charge in [0.25, 0.3) is 0 Å². The lowest BCUT2D eigenvalue weighted by molar-refractivity contribution is -0.120. The molecule has 1 aliphatic rings. The second-order valence-electron chi connectivity index (χ2n) is 6.67. The molecule has 0 atom stereocenters. The van der Waals surface area contributed by atoms with Crippen LogP contribution in [0.1, 0.15) is 18.4 Å². The van der Waals surface area contributed by atoms with Crippen LogP contribution in [0.25, 0.3) is 0 Å². The van der Waals surface area contributed by atoms with Crippen molar-refractivity contribution in [2.24, 2.45) is 5.92 Å². The van der Waals surface area contributed by atoms with Gasteiger partial charge in [-0.25, -0.2) is 13.4 Å². The molecule has 1 aliphatic carbocycles. The largest absolute Gasteiger partial charge is 0.439 e. The smallest absolute Gasteiger partial charge is 0.234 e. The maximum absolute atomic E-state index is 11.9. The molecule has 3 rings (SSSR count). The first-order valence-corrected chi connectivity index (χ1v) is 10.7. The van der Waals surface area contributed by atoms with Crippen molar-refractivity contribution in [2.45, 2.75) is 24.3 Å². The number of nitrogens with one attached hydrogen (secondary N) is 2. The highest BCUT2D eigenvalue weighted by Crippen LogP contribution is 2.27. The zero-order chi connectivity index (χ0) is 19.3. The third-order valence-electron chi connectivity index (χ3n) is 4.19. The number of carbonyl (C=O) groups is 1. The first-order chi connectivity index (χ1) is 12.9. The van der Waals surface area contributed by atoms with Crippen molar-refractivity contribution < 1.29 is 17.9 Å². The van der Waals surface area contributed by atoms with E-state index in [1.807, 2.05) is 0 Å². The molecule has 2 aromatic rings. The van der Waals surface area contributed by atoms with E-state index >= 15 is 0 Å². The number of rotatable bonds is 9. The van der Waals surface area contributed by atoms with Gasteiger partial charge in [-0.3, -0.25) is 4.79 Å². The zero-order valence-electron chi connectivity index (χ0n) is 15.1. The minimum absolute atomic E-state index is 0.0930. The van der Waals surface area contributed by atoms with Crippen molar-refractivity contribution in [1.29, 1.82) is 0 Å². The molecule has 0 bridgehead atoms. The number of amides is 1. The normalized spacial score (nSPS) is 14.0. The van der Waals surface area contributed by atoms with Gasteiger partial charge < -0.3 is 15.4 Å². The van der Waals surface area contributed by atoms with E-state index in [2.05, 4.69) is 15.6 Å². The second kappa shape index (κ2) is 8.49. The molecule has 1 amide bonds. The predicted molar refractivity (Wildman–Crippen MR) is 101 cm³/mol. The van der Waals surface area contributed by atoms with Crippen molar-refractivity contribution in [3.8, 4) is 11.6 Å². The maximum atomic E-state index is 11.9. The van der Waals surface area contributed by atoms with Crippen molar-refractivity contribution in [3.05, 3.63) is 48.2 Å². The first kappa shape index (κ1) is 19.3. The van der Waals surface area contributed by atoms with Crippen LogP contribution in [0.4, 0.5) is 0 Å². The number of pyridine rings is 1. The summed E-state index contributed by atoms with van der Waals surface area (Å²) in [5.74, 6) is 1.33. The van der Waals surface area contributed by atoms with Gasteiger partial charge in [0.15, 0.2) is 9.84 Å². The van der Waals surface area contributed by atoms with Crippen LogP contribution >= 0.6 is 0 Å². The van der Waals surface area contributed by atoms with Gasteiger partial charge in [0.05, 0.1) is 11.4 Å². The second-order valence-corrected chi connectivity index (χ2v) is 8.68. The molecule has 7 nitrogen and oxygen atoms in total. The molecule has 1 fully saturated rings. The number of aromatic nitrogens is 1. The number of benzene rings is 1. The van der Waals surface area contributed by atoms with Crippen molar-refractivity contribution in [1.82, 2.24) is 15.6 Å². The Hall–Kier alpha value is -2.45. The molecule has 8 heteroatoms. The Balaban J connectivity index is 1.61. The summed E-state index contributed by atoms with van der Waals surface area (Å²) in [4.78, 5) is 16.3. The minimum Gasteiger partial charge on any atom is -0.439 e. The number of carbonyl (C=O) groups excluding carboxylic acids is 1. The lowest BCUT2D eigenvalue weighted by Crippen LogP contribution is -2.34. The predicted octanol–water partition coefficient (Wildman–Crippen LogP) is 1.89. The molecule has 2 N–H and O–H groups in total. The molecule has 0 radical (unpaired) electrons. The van der Waals surface area contributed by atoms with Crippen LogP contribution in [-0.2, 0) is 21.2 Å². The van der Waals surface area contributed by atoms with E-state index in [4.69, 9.17) is 4.74 Å². The zero-order valence-corrected chi connectivity index (χ0v) is 16.0. The van der Waals surface area contributed by atoms with E-state index in [0.29, 0.717) is 17.2 Å². The van der Waals surface area contributed by atoms with Gasteiger partial charge in [-0.15, -0.1) is 0 Å². The Kier molecular flexibility index (Phi) is 6.08. The Morgan fingerprint density at radius 3 is 2.81 bits per heavy atom. The SMILES string of the molecule is CS(=O)(=O)c1cccc(Oc2ncccc2CNC(=O)CNCC2CC2)c1. The van der Waals surface area contributed by atoms with Gasteiger partial charge in [-0.05, 0) is 49.6 Å². The topological polar surface area (TPSA) is 97.4 Å². The summed E-state index contributed by atoms with van der Waals surface area (Å²) >= 11 is 0. The van der Waals surface area contributed by atoms with Crippen LogP contribution < -0.4 is 15.4 Å². The van der Waals surface area contributed by atoms with Crippen LogP contribution in [0.5, 0.6) is 11.6 Å². The fourth-order valence-electron chi connectivity index (χ4n) is 2.50. The van der Waals surface area contributed by atoms with Crippen LogP contribution in [0.2, 0.25) is 0 Å². The van der Waals surface area contributed by atoms with Crippen LogP contribution in [0, 0.1) is 5.92 Å². The summed E-state index contributed by atoms with van der Waals surface area (Å²) in [7, 11) is -3.32. The third kappa shape index (κ3) is 6.04. The van der Waals surface area contributed by atoms with E-state index in [1.54, 1.807) is 30.5 Å².